The highest BCUT2D eigenvalue weighted by molar-refractivity contribution is 5.43. The van der Waals surface area contributed by atoms with Crippen molar-refractivity contribution in [2.75, 3.05) is 26.9 Å². The number of hydrogen-bond donors (Lipinski definition) is 1. The first-order valence-corrected chi connectivity index (χ1v) is 8.93. The van der Waals surface area contributed by atoms with Crippen molar-refractivity contribution in [1.82, 2.24) is 14.9 Å². The van der Waals surface area contributed by atoms with Crippen molar-refractivity contribution in [3.8, 4) is 11.5 Å². The van der Waals surface area contributed by atoms with Gasteiger partial charge in [-0.25, -0.2) is 4.98 Å². The highest BCUT2D eigenvalue weighted by Gasteiger charge is 2.17. The second-order valence-corrected chi connectivity index (χ2v) is 6.26. The molecule has 0 spiro atoms. The molecule has 1 unspecified atom stereocenters. The number of benzene rings is 1. The number of nitrogens with zero attached hydrogens (tertiary/aromatic N) is 2. The van der Waals surface area contributed by atoms with E-state index >= 15 is 0 Å². The molecule has 1 aromatic carbocycles. The van der Waals surface area contributed by atoms with Gasteiger partial charge in [-0.1, -0.05) is 6.07 Å². The van der Waals surface area contributed by atoms with E-state index in [1.54, 1.807) is 7.11 Å². The third kappa shape index (κ3) is 5.47. The predicted octanol–water partition coefficient (Wildman–Crippen LogP) is 2.63. The summed E-state index contributed by atoms with van der Waals surface area (Å²) in [4.78, 5) is 4.05. The smallest absolute Gasteiger partial charge is 0.161 e. The first-order valence-electron chi connectivity index (χ1n) is 8.93. The van der Waals surface area contributed by atoms with Crippen LogP contribution in [0.4, 0.5) is 0 Å². The van der Waals surface area contributed by atoms with Gasteiger partial charge in [0.25, 0.3) is 0 Å². The molecule has 1 aromatic heterocycles. The van der Waals surface area contributed by atoms with Crippen LogP contribution in [0.5, 0.6) is 11.5 Å². The third-order valence-corrected chi connectivity index (χ3v) is 4.33. The topological polar surface area (TPSA) is 57.5 Å². The molecule has 1 atom stereocenters. The van der Waals surface area contributed by atoms with Gasteiger partial charge in [-0.15, -0.1) is 0 Å². The number of hydrogen-bond acceptors (Lipinski definition) is 5. The van der Waals surface area contributed by atoms with Crippen LogP contribution in [0.25, 0.3) is 0 Å². The monoisotopic (exact) mass is 345 g/mol. The largest absolute Gasteiger partial charge is 0.493 e. The standard InChI is InChI=1S/C19H27N3O3/c1-23-19-12-16(13-20-7-3-9-22-10-8-21-15-22)5-6-18(19)25-14-17-4-2-11-24-17/h5-6,8,10,12,15,17,20H,2-4,7,9,11,13-14H2,1H3. The lowest BCUT2D eigenvalue weighted by Crippen LogP contribution is -2.17. The van der Waals surface area contributed by atoms with E-state index in [4.69, 9.17) is 14.2 Å². The van der Waals surface area contributed by atoms with Crippen molar-refractivity contribution in [2.45, 2.75) is 38.5 Å². The van der Waals surface area contributed by atoms with Crippen LogP contribution < -0.4 is 14.8 Å². The maximum atomic E-state index is 5.87. The normalized spacial score (nSPS) is 16.9. The van der Waals surface area contributed by atoms with Crippen LogP contribution in [0, 0.1) is 0 Å². The fraction of sp³-hybridized carbons (Fsp3) is 0.526. The number of aromatic nitrogens is 2. The zero-order valence-electron chi connectivity index (χ0n) is 14.8. The molecule has 0 bridgehead atoms. The Morgan fingerprint density at radius 1 is 1.36 bits per heavy atom. The number of methoxy groups -OCH3 is 1. The van der Waals surface area contributed by atoms with Gasteiger partial charge in [0.1, 0.15) is 6.61 Å². The second-order valence-electron chi connectivity index (χ2n) is 6.26. The summed E-state index contributed by atoms with van der Waals surface area (Å²) in [5, 5.41) is 3.46. The van der Waals surface area contributed by atoms with Gasteiger partial charge in [-0.2, -0.15) is 0 Å². The van der Waals surface area contributed by atoms with Gasteiger partial charge in [0.05, 0.1) is 19.5 Å². The Labute approximate surface area is 149 Å². The number of nitrogens with one attached hydrogen (secondary N) is 1. The fourth-order valence-electron chi connectivity index (χ4n) is 2.94. The highest BCUT2D eigenvalue weighted by atomic mass is 16.5. The van der Waals surface area contributed by atoms with Crippen molar-refractivity contribution in [1.29, 1.82) is 0 Å². The van der Waals surface area contributed by atoms with E-state index < -0.39 is 0 Å². The van der Waals surface area contributed by atoms with Crippen molar-refractivity contribution < 1.29 is 14.2 Å². The maximum Gasteiger partial charge on any atom is 0.161 e. The third-order valence-electron chi connectivity index (χ3n) is 4.33. The zero-order valence-corrected chi connectivity index (χ0v) is 14.8. The fourth-order valence-corrected chi connectivity index (χ4v) is 2.94. The Bertz CT molecular complexity index is 625. The molecular formula is C19H27N3O3. The Morgan fingerprint density at radius 2 is 2.32 bits per heavy atom. The van der Waals surface area contributed by atoms with E-state index in [2.05, 4.69) is 20.9 Å². The van der Waals surface area contributed by atoms with E-state index in [0.29, 0.717) is 6.61 Å². The number of ether oxygens (including phenoxy) is 3. The Balaban J connectivity index is 1.42. The minimum atomic E-state index is 0.210. The van der Waals surface area contributed by atoms with Crippen LogP contribution >= 0.6 is 0 Å². The van der Waals surface area contributed by atoms with Gasteiger partial charge < -0.3 is 24.1 Å². The SMILES string of the molecule is COc1cc(CNCCCn2ccnc2)ccc1OCC1CCCO1. The van der Waals surface area contributed by atoms with Crippen molar-refractivity contribution in [2.24, 2.45) is 0 Å². The summed E-state index contributed by atoms with van der Waals surface area (Å²) in [6, 6.07) is 6.10. The minimum Gasteiger partial charge on any atom is -0.493 e. The van der Waals surface area contributed by atoms with Crippen LogP contribution in [0.3, 0.4) is 0 Å². The van der Waals surface area contributed by atoms with Gasteiger partial charge in [0, 0.05) is 32.1 Å². The first kappa shape index (κ1) is 17.8. The summed E-state index contributed by atoms with van der Waals surface area (Å²) in [6.45, 7) is 4.18. The molecule has 1 aliphatic heterocycles. The molecule has 0 saturated carbocycles. The van der Waals surface area contributed by atoms with E-state index in [1.807, 2.05) is 30.9 Å². The molecule has 2 aromatic rings. The minimum absolute atomic E-state index is 0.210. The molecule has 6 heteroatoms. The average Bonchev–Trinajstić information content (AvgIpc) is 3.34. The highest BCUT2D eigenvalue weighted by Crippen LogP contribution is 2.28. The summed E-state index contributed by atoms with van der Waals surface area (Å²) >= 11 is 0. The summed E-state index contributed by atoms with van der Waals surface area (Å²) in [6.07, 6.45) is 9.11. The molecule has 6 nitrogen and oxygen atoms in total. The summed E-state index contributed by atoms with van der Waals surface area (Å²) < 4.78 is 19.0. The van der Waals surface area contributed by atoms with Gasteiger partial charge in [-0.3, -0.25) is 0 Å². The average molecular weight is 345 g/mol. The van der Waals surface area contributed by atoms with E-state index in [0.717, 1.165) is 57.0 Å². The maximum absolute atomic E-state index is 5.87. The molecule has 1 aliphatic rings. The molecule has 1 saturated heterocycles. The lowest BCUT2D eigenvalue weighted by atomic mass is 10.2. The van der Waals surface area contributed by atoms with E-state index in [9.17, 15) is 0 Å². The summed E-state index contributed by atoms with van der Waals surface area (Å²) in [5.41, 5.74) is 1.18. The Kier molecular flexibility index (Phi) is 6.71. The van der Waals surface area contributed by atoms with Gasteiger partial charge in [0.2, 0.25) is 0 Å². The van der Waals surface area contributed by atoms with Crippen LogP contribution in [-0.2, 0) is 17.8 Å². The molecule has 1 N–H and O–H groups in total. The van der Waals surface area contributed by atoms with Crippen LogP contribution in [0.2, 0.25) is 0 Å². The summed E-state index contributed by atoms with van der Waals surface area (Å²) in [5.74, 6) is 1.55. The molecule has 0 amide bonds. The van der Waals surface area contributed by atoms with Crippen LogP contribution in [0.1, 0.15) is 24.8 Å². The van der Waals surface area contributed by atoms with Crippen molar-refractivity contribution >= 4 is 0 Å². The Morgan fingerprint density at radius 3 is 3.08 bits per heavy atom. The van der Waals surface area contributed by atoms with E-state index in [1.165, 1.54) is 5.56 Å². The molecule has 136 valence electrons. The summed E-state index contributed by atoms with van der Waals surface area (Å²) in [7, 11) is 1.68. The Hall–Kier alpha value is -2.05. The van der Waals surface area contributed by atoms with Gasteiger partial charge in [0.15, 0.2) is 11.5 Å². The van der Waals surface area contributed by atoms with Crippen molar-refractivity contribution in [3.05, 3.63) is 42.5 Å². The van der Waals surface area contributed by atoms with Gasteiger partial charge >= 0.3 is 0 Å². The molecule has 3 rings (SSSR count). The zero-order chi connectivity index (χ0) is 17.3. The lowest BCUT2D eigenvalue weighted by Gasteiger charge is -2.15. The van der Waals surface area contributed by atoms with Crippen LogP contribution in [0.15, 0.2) is 36.9 Å². The number of imidazole rings is 1. The van der Waals surface area contributed by atoms with E-state index in [-0.39, 0.29) is 6.10 Å². The lowest BCUT2D eigenvalue weighted by molar-refractivity contribution is 0.0669. The molecule has 0 aliphatic carbocycles. The molecule has 25 heavy (non-hydrogen) atoms. The predicted molar refractivity (Wildman–Crippen MR) is 96.0 cm³/mol. The van der Waals surface area contributed by atoms with Crippen LogP contribution in [-0.4, -0.2) is 42.5 Å². The quantitative estimate of drug-likeness (QED) is 0.671. The second kappa shape index (κ2) is 9.44. The molecule has 1 fully saturated rings. The molecule has 0 radical (unpaired) electrons. The van der Waals surface area contributed by atoms with Crippen molar-refractivity contribution in [3.63, 3.8) is 0 Å². The number of aryl methyl sites for hydroxylation is 1. The number of rotatable bonds is 10. The molecule has 2 heterocycles. The van der Waals surface area contributed by atoms with Gasteiger partial charge in [-0.05, 0) is 43.5 Å². The first-order chi connectivity index (χ1) is 12.3. The molecular weight excluding hydrogens is 318 g/mol.